The van der Waals surface area contributed by atoms with Gasteiger partial charge in [0.15, 0.2) is 5.75 Å². The number of rotatable bonds is 21. The van der Waals surface area contributed by atoms with E-state index in [2.05, 4.69) is 59.7 Å². The van der Waals surface area contributed by atoms with Gasteiger partial charge in [-0.3, -0.25) is 57.6 Å². The van der Waals surface area contributed by atoms with Gasteiger partial charge in [0.2, 0.25) is 53.2 Å². The van der Waals surface area contributed by atoms with Crippen LogP contribution >= 0.6 is 0 Å². The topological polar surface area (TPSA) is 406 Å². The van der Waals surface area contributed by atoms with E-state index in [9.17, 15) is 67.4 Å². The van der Waals surface area contributed by atoms with Gasteiger partial charge >= 0.3 is 11.9 Å². The number of aliphatic carboxylic acids is 1. The van der Waals surface area contributed by atoms with Gasteiger partial charge in [0.1, 0.15) is 36.3 Å². The van der Waals surface area contributed by atoms with Gasteiger partial charge in [-0.1, -0.05) is 61.0 Å². The number of likely N-dealkylation sites (N-methyl/N-ethyl adjacent to an activating group) is 2. The highest BCUT2D eigenvalue weighted by Gasteiger charge is 2.44. The number of anilines is 1. The van der Waals surface area contributed by atoms with Crippen LogP contribution in [0, 0.1) is 35.5 Å². The summed E-state index contributed by atoms with van der Waals surface area (Å²) in [4.78, 5) is 179. The van der Waals surface area contributed by atoms with Gasteiger partial charge in [0.25, 0.3) is 11.8 Å². The van der Waals surface area contributed by atoms with Crippen LogP contribution in [0.1, 0.15) is 120 Å². The van der Waals surface area contributed by atoms with Crippen molar-refractivity contribution in [3.05, 3.63) is 23.8 Å². The number of benzene rings is 1. The molecule has 542 valence electrons. The predicted molar refractivity (Wildman–Crippen MR) is 354 cm³/mol. The van der Waals surface area contributed by atoms with Gasteiger partial charge in [0.05, 0.1) is 74.8 Å². The van der Waals surface area contributed by atoms with Crippen molar-refractivity contribution in [2.24, 2.45) is 23.7 Å². The van der Waals surface area contributed by atoms with Crippen LogP contribution in [0.4, 0.5) is 5.69 Å². The van der Waals surface area contributed by atoms with Crippen LogP contribution in [-0.4, -0.2) is 245 Å². The van der Waals surface area contributed by atoms with E-state index >= 15 is 0 Å². The molecule has 2 aliphatic heterocycles. The fraction of sp³-hybridized carbons (Fsp3) is 0.682. The van der Waals surface area contributed by atoms with Crippen molar-refractivity contribution in [2.75, 3.05) is 86.7 Å². The monoisotopic (exact) mass is 1370 g/mol. The summed E-state index contributed by atoms with van der Waals surface area (Å²) < 4.78 is 28.5. The van der Waals surface area contributed by atoms with Crippen molar-refractivity contribution in [1.82, 2.24) is 57.2 Å². The average molecular weight is 1370 g/mol. The van der Waals surface area contributed by atoms with E-state index in [-0.39, 0.29) is 111 Å². The fourth-order valence-corrected chi connectivity index (χ4v) is 11.2. The third-order valence-corrected chi connectivity index (χ3v) is 16.8. The number of carbonyl (C=O) groups is 13. The van der Waals surface area contributed by atoms with E-state index in [1.165, 1.54) is 60.1 Å². The van der Waals surface area contributed by atoms with Crippen molar-refractivity contribution in [2.45, 2.75) is 188 Å². The number of likely N-dealkylation sites (tertiary alicyclic amines) is 1. The van der Waals surface area contributed by atoms with E-state index in [0.717, 1.165) is 0 Å². The summed E-state index contributed by atoms with van der Waals surface area (Å²) in [7, 11) is 8.12. The lowest BCUT2D eigenvalue weighted by Crippen LogP contribution is -2.59. The normalized spacial score (nSPS) is 22.4. The zero-order valence-corrected chi connectivity index (χ0v) is 58.9. The predicted octanol–water partition coefficient (Wildman–Crippen LogP) is -0.629. The highest BCUT2D eigenvalue weighted by atomic mass is 16.5. The van der Waals surface area contributed by atoms with Crippen molar-refractivity contribution >= 4 is 82.6 Å². The Morgan fingerprint density at radius 1 is 0.711 bits per heavy atom. The number of nitrogens with zero attached hydrogens (tertiary/aromatic N) is 3. The van der Waals surface area contributed by atoms with Gasteiger partial charge in [0, 0.05) is 72.0 Å². The van der Waals surface area contributed by atoms with Gasteiger partial charge < -0.3 is 86.4 Å². The Labute approximate surface area is 568 Å². The molecular formula is C66H104N12O19. The molecule has 31 nitrogen and oxygen atoms in total. The maximum absolute atomic E-state index is 14.6. The molecule has 1 saturated heterocycles. The van der Waals surface area contributed by atoms with Crippen molar-refractivity contribution < 1.29 is 91.1 Å². The summed E-state index contributed by atoms with van der Waals surface area (Å²) in [5, 5.41) is 33.6. The van der Waals surface area contributed by atoms with E-state index in [1.54, 1.807) is 37.9 Å². The average Bonchev–Trinajstić information content (AvgIpc) is 1.78. The Bertz CT molecular complexity index is 2960. The zero-order chi connectivity index (χ0) is 73.0. The molecule has 1 aromatic carbocycles. The Kier molecular flexibility index (Phi) is 35.1. The van der Waals surface area contributed by atoms with Crippen molar-refractivity contribution in [3.63, 3.8) is 0 Å². The number of esters is 1. The Balaban J connectivity index is 1.89. The third-order valence-electron chi connectivity index (χ3n) is 16.8. The van der Waals surface area contributed by atoms with Crippen molar-refractivity contribution in [1.29, 1.82) is 0 Å². The molecule has 2 aliphatic rings. The number of hydrogen-bond acceptors (Lipinski definition) is 19. The summed E-state index contributed by atoms with van der Waals surface area (Å²) in [6, 6.07) is -5.39. The minimum absolute atomic E-state index is 0.00633. The van der Waals surface area contributed by atoms with Crippen LogP contribution in [0.15, 0.2) is 18.2 Å². The molecule has 0 radical (unpaired) electrons. The second-order valence-corrected chi connectivity index (χ2v) is 25.3. The first-order valence-corrected chi connectivity index (χ1v) is 32.9. The molecule has 1 fully saturated rings. The molecule has 0 bridgehead atoms. The van der Waals surface area contributed by atoms with Crippen LogP contribution in [0.25, 0.3) is 0 Å². The quantitative estimate of drug-likeness (QED) is 0.0416. The number of nitrogens with one attached hydrogen (secondary N) is 9. The minimum atomic E-state index is -1.62. The molecule has 3 rings (SSSR count). The third kappa shape index (κ3) is 26.6. The first kappa shape index (κ1) is 82.9. The number of amides is 11. The maximum Gasteiger partial charge on any atom is 0.333 e. The molecule has 2 heterocycles. The molecule has 10 N–H and O–H groups in total. The second-order valence-electron chi connectivity index (χ2n) is 25.3. The summed E-state index contributed by atoms with van der Waals surface area (Å²) in [5.74, 6) is -6.94. The van der Waals surface area contributed by atoms with Crippen LogP contribution in [-0.2, 0) is 87.7 Å². The summed E-state index contributed by atoms with van der Waals surface area (Å²) >= 11 is 0. The molecule has 0 saturated carbocycles. The van der Waals surface area contributed by atoms with Crippen LogP contribution in [0.3, 0.4) is 0 Å². The molecule has 11 amide bonds. The number of methoxy groups -OCH3 is 2. The fourth-order valence-electron chi connectivity index (χ4n) is 11.2. The number of carbonyl (C=O) groups excluding carboxylic acids is 12. The number of hydrogen-bond donors (Lipinski definition) is 10. The maximum atomic E-state index is 14.6. The van der Waals surface area contributed by atoms with Gasteiger partial charge in [-0.15, -0.1) is 0 Å². The van der Waals surface area contributed by atoms with E-state index in [4.69, 9.17) is 23.7 Å². The molecule has 0 spiro atoms. The lowest BCUT2D eigenvalue weighted by atomic mass is 9.89. The smallest absolute Gasteiger partial charge is 0.333 e. The lowest BCUT2D eigenvalue weighted by molar-refractivity contribution is -0.148. The minimum Gasteiger partial charge on any atom is -0.480 e. The molecule has 13 atom stereocenters. The second kappa shape index (κ2) is 41.1. The number of ether oxygens (including phenoxy) is 5. The molecule has 0 unspecified atom stereocenters. The molecule has 31 heteroatoms. The molecule has 97 heavy (non-hydrogen) atoms. The van der Waals surface area contributed by atoms with Crippen LogP contribution in [0.2, 0.25) is 0 Å². The highest BCUT2D eigenvalue weighted by molar-refractivity contribution is 6.03. The van der Waals surface area contributed by atoms with Crippen molar-refractivity contribution in [3.8, 4) is 17.6 Å². The zero-order valence-electron chi connectivity index (χ0n) is 58.9. The molecular weight excluding hydrogens is 1260 g/mol. The Hall–Kier alpha value is -8.31. The van der Waals surface area contributed by atoms with E-state index in [1.807, 2.05) is 46.4 Å². The van der Waals surface area contributed by atoms with Gasteiger partial charge in [-0.2, -0.15) is 0 Å². The first-order chi connectivity index (χ1) is 45.7. The largest absolute Gasteiger partial charge is 0.480 e. The van der Waals surface area contributed by atoms with E-state index < -0.39 is 138 Å². The molecule has 0 aromatic heterocycles. The lowest BCUT2D eigenvalue weighted by Gasteiger charge is -2.41. The number of carboxylic acids is 1. The van der Waals surface area contributed by atoms with Crippen LogP contribution in [0.5, 0.6) is 5.75 Å². The number of carboxylic acid groups (broad SMARTS) is 1. The summed E-state index contributed by atoms with van der Waals surface area (Å²) in [6.07, 6.45) is -1.10. The first-order valence-electron chi connectivity index (χ1n) is 32.9. The van der Waals surface area contributed by atoms with Gasteiger partial charge in [-0.25, -0.2) is 9.59 Å². The number of fused-ring (bicyclic) bond motifs is 1. The standard InChI is InChI=1S/C66H104N12O19/c1-17-38(6)57(77(14)64(89)55(36(2)3)75-63(88)56(37(4)5)76(12)13)49(93-15)35-54(83)78-28-18-19-47(78)58(94-16)39(7)59(84)74-46(65(90)91)34-44-20-21-48-45(33-44)73-62(87)42(10)71-60(85)40(8)69-52(81)24-29-95-31-26-67-50(79)22-23-51(80)68-27-32-96-30-25-53(82)70-41(9)61(86)72-43(11)66(92)97-48/h20-21,33,36-43,46-47,49,55-58H,17-19,24-32,34-35H2,1-16H3,(H,67,79)(H,68,80)(H,69,81)(H,70,82)(H,71,85)(H,72,86)(H,73,87)(H,74,84)(H,75,88)(H,90,91)/t38-,39+,40-,41-,42-,43-,46-,47-,49+,55-,56-,57-,58+/m0/s1. The Morgan fingerprint density at radius 2 is 1.26 bits per heavy atom. The summed E-state index contributed by atoms with van der Waals surface area (Å²) in [6.45, 7) is 18.4. The molecule has 1 aromatic rings. The molecule has 0 aliphatic carbocycles. The Morgan fingerprint density at radius 3 is 1.75 bits per heavy atom. The van der Waals surface area contributed by atoms with Gasteiger partial charge in [-0.05, 0) is 90.1 Å². The SMILES string of the molecule is CC[C@H](C)[C@@H]([C@@H](CC(=O)N1CCC[C@H]1[C@H](OC)[C@@H](C)C(=O)N[C@@H](Cc1ccc2c(c1)NC(=O)[C@H](C)NC(=O)[C@H](C)NC(=O)CCOCCNC(=O)C#CC(=O)NCCOCCC(=O)N[C@@H](C)C(=O)N[C@@H](C)C(=O)O2)C(=O)O)OC)N(C)C(=O)[C@@H](NC(=O)[C@H](C(C)C)N(C)C)C(C)C. The highest BCUT2D eigenvalue weighted by Crippen LogP contribution is 2.31. The van der Waals surface area contributed by atoms with E-state index in [0.29, 0.717) is 25.8 Å². The summed E-state index contributed by atoms with van der Waals surface area (Å²) in [5.41, 5.74) is -0.0296. The van der Waals surface area contributed by atoms with Crippen LogP contribution < -0.4 is 52.6 Å².